The van der Waals surface area contributed by atoms with Crippen LogP contribution in [0.1, 0.15) is 31.2 Å². The molecule has 1 N–H and O–H groups in total. The van der Waals surface area contributed by atoms with E-state index in [2.05, 4.69) is 0 Å². The number of rotatable bonds is 3. The number of amides is 1. The van der Waals surface area contributed by atoms with Gasteiger partial charge in [-0.2, -0.15) is 0 Å². The number of hydrogen-bond acceptors (Lipinski definition) is 4. The van der Waals surface area contributed by atoms with Gasteiger partial charge in [0.05, 0.1) is 18.1 Å². The molecule has 1 amide bonds. The summed E-state index contributed by atoms with van der Waals surface area (Å²) in [4.78, 5) is 14.4. The van der Waals surface area contributed by atoms with Crippen molar-refractivity contribution >= 4 is 5.91 Å². The average Bonchev–Trinajstić information content (AvgIpc) is 2.95. The van der Waals surface area contributed by atoms with Gasteiger partial charge in [0, 0.05) is 6.54 Å². The van der Waals surface area contributed by atoms with Crippen LogP contribution >= 0.6 is 0 Å². The van der Waals surface area contributed by atoms with Crippen molar-refractivity contribution in [1.82, 2.24) is 4.90 Å². The van der Waals surface area contributed by atoms with Crippen molar-refractivity contribution in [3.8, 4) is 11.5 Å². The number of likely N-dealkylation sites (tertiary alicyclic amines) is 1. The van der Waals surface area contributed by atoms with E-state index >= 15 is 0 Å². The number of fused-ring (bicyclic) bond motifs is 1. The van der Waals surface area contributed by atoms with Gasteiger partial charge in [0.15, 0.2) is 11.5 Å². The third-order valence-electron chi connectivity index (χ3n) is 4.75. The molecule has 0 radical (unpaired) electrons. The van der Waals surface area contributed by atoms with E-state index in [-0.39, 0.29) is 18.7 Å². The minimum absolute atomic E-state index is 0.0130. The van der Waals surface area contributed by atoms with E-state index in [1.165, 1.54) is 0 Å². The Balaban J connectivity index is 1.48. The number of carbonyl (C=O) groups excluding carboxylic acids is 1. The maximum atomic E-state index is 12.5. The standard InChI is InChI=1S/C16H19NO4/c18-15(17-7-1-2-14(17)16(19)5-6-16)9-11-3-4-12-13(8-11)21-10-20-12/h3-4,8,14,19H,1-2,5-7,9-10H2. The van der Waals surface area contributed by atoms with Crippen LogP contribution in [0.5, 0.6) is 11.5 Å². The molecule has 1 aromatic rings. The fourth-order valence-electron chi connectivity index (χ4n) is 3.41. The number of aliphatic hydroxyl groups is 1. The fraction of sp³-hybridized carbons (Fsp3) is 0.562. The van der Waals surface area contributed by atoms with Gasteiger partial charge in [-0.05, 0) is 43.4 Å². The zero-order chi connectivity index (χ0) is 14.4. The summed E-state index contributed by atoms with van der Waals surface area (Å²) in [5.41, 5.74) is 0.318. The van der Waals surface area contributed by atoms with Gasteiger partial charge < -0.3 is 19.5 Å². The minimum Gasteiger partial charge on any atom is -0.454 e. The molecular weight excluding hydrogens is 270 g/mol. The molecule has 0 spiro atoms. The molecule has 1 unspecified atom stereocenters. The molecule has 2 heterocycles. The zero-order valence-electron chi connectivity index (χ0n) is 11.9. The van der Waals surface area contributed by atoms with Crippen LogP contribution in [0.25, 0.3) is 0 Å². The van der Waals surface area contributed by atoms with Crippen LogP contribution in [-0.2, 0) is 11.2 Å². The second kappa shape index (κ2) is 4.63. The summed E-state index contributed by atoms with van der Waals surface area (Å²) < 4.78 is 10.6. The van der Waals surface area contributed by atoms with Gasteiger partial charge >= 0.3 is 0 Å². The molecule has 2 aliphatic heterocycles. The normalized spacial score (nSPS) is 25.2. The predicted octanol–water partition coefficient (Wildman–Crippen LogP) is 1.47. The quantitative estimate of drug-likeness (QED) is 0.915. The first-order valence-corrected chi connectivity index (χ1v) is 7.56. The molecule has 1 aromatic carbocycles. The maximum Gasteiger partial charge on any atom is 0.231 e. The number of hydrogen-bond donors (Lipinski definition) is 1. The Hall–Kier alpha value is -1.75. The van der Waals surface area contributed by atoms with Gasteiger partial charge in [-0.25, -0.2) is 0 Å². The number of carbonyl (C=O) groups is 1. The molecule has 112 valence electrons. The molecule has 0 aromatic heterocycles. The van der Waals surface area contributed by atoms with Crippen molar-refractivity contribution in [1.29, 1.82) is 0 Å². The molecule has 4 rings (SSSR count). The second-order valence-corrected chi connectivity index (χ2v) is 6.21. The summed E-state index contributed by atoms with van der Waals surface area (Å²) in [7, 11) is 0. The predicted molar refractivity (Wildman–Crippen MR) is 75.2 cm³/mol. The highest BCUT2D eigenvalue weighted by Crippen LogP contribution is 2.44. The first kappa shape index (κ1) is 13.0. The van der Waals surface area contributed by atoms with Crippen molar-refractivity contribution in [2.45, 2.75) is 43.7 Å². The van der Waals surface area contributed by atoms with Gasteiger partial charge in [-0.1, -0.05) is 6.07 Å². The van der Waals surface area contributed by atoms with Crippen molar-refractivity contribution in [2.24, 2.45) is 0 Å². The molecule has 3 aliphatic rings. The molecule has 2 fully saturated rings. The lowest BCUT2D eigenvalue weighted by molar-refractivity contribution is -0.134. The summed E-state index contributed by atoms with van der Waals surface area (Å²) in [5, 5.41) is 10.3. The molecule has 5 nitrogen and oxygen atoms in total. The van der Waals surface area contributed by atoms with E-state index in [1.54, 1.807) is 0 Å². The highest BCUT2D eigenvalue weighted by Gasteiger charge is 2.52. The van der Waals surface area contributed by atoms with Crippen LogP contribution in [0.2, 0.25) is 0 Å². The van der Waals surface area contributed by atoms with Crippen molar-refractivity contribution < 1.29 is 19.4 Å². The second-order valence-electron chi connectivity index (χ2n) is 6.21. The smallest absolute Gasteiger partial charge is 0.231 e. The molecule has 21 heavy (non-hydrogen) atoms. The average molecular weight is 289 g/mol. The Bertz CT molecular complexity index is 582. The zero-order valence-corrected chi connectivity index (χ0v) is 11.9. The summed E-state index contributed by atoms with van der Waals surface area (Å²) >= 11 is 0. The van der Waals surface area contributed by atoms with E-state index < -0.39 is 5.60 Å². The molecule has 1 atom stereocenters. The SMILES string of the molecule is O=C(Cc1ccc2c(c1)OCO2)N1CCCC1C1(O)CC1. The van der Waals surface area contributed by atoms with Crippen LogP contribution in [0.15, 0.2) is 18.2 Å². The number of ether oxygens (including phenoxy) is 2. The van der Waals surface area contributed by atoms with Crippen LogP contribution in [0.4, 0.5) is 0 Å². The highest BCUT2D eigenvalue weighted by atomic mass is 16.7. The molecule has 1 saturated heterocycles. The summed E-state index contributed by atoms with van der Waals surface area (Å²) in [6, 6.07) is 5.64. The van der Waals surface area contributed by atoms with E-state index in [9.17, 15) is 9.90 Å². The van der Waals surface area contributed by atoms with E-state index in [0.717, 1.165) is 43.5 Å². The molecule has 0 bridgehead atoms. The van der Waals surface area contributed by atoms with Gasteiger partial charge in [-0.3, -0.25) is 4.79 Å². The molecular formula is C16H19NO4. The maximum absolute atomic E-state index is 12.5. The Kier molecular flexibility index (Phi) is 2.85. The number of benzene rings is 1. The van der Waals surface area contributed by atoms with E-state index in [4.69, 9.17) is 9.47 Å². The Labute approximate surface area is 123 Å². The lowest BCUT2D eigenvalue weighted by atomic mass is 10.1. The summed E-state index contributed by atoms with van der Waals surface area (Å²) in [6.45, 7) is 1.00. The summed E-state index contributed by atoms with van der Waals surface area (Å²) in [5.74, 6) is 1.54. The van der Waals surface area contributed by atoms with Crippen LogP contribution < -0.4 is 9.47 Å². The Morgan fingerprint density at radius 2 is 2.14 bits per heavy atom. The monoisotopic (exact) mass is 289 g/mol. The Morgan fingerprint density at radius 1 is 1.33 bits per heavy atom. The topological polar surface area (TPSA) is 59.0 Å². The van der Waals surface area contributed by atoms with Crippen LogP contribution in [-0.4, -0.2) is 40.9 Å². The van der Waals surface area contributed by atoms with Gasteiger partial charge in [0.25, 0.3) is 0 Å². The van der Waals surface area contributed by atoms with Gasteiger partial charge in [-0.15, -0.1) is 0 Å². The minimum atomic E-state index is -0.610. The third-order valence-corrected chi connectivity index (χ3v) is 4.75. The molecule has 1 saturated carbocycles. The Morgan fingerprint density at radius 3 is 2.95 bits per heavy atom. The molecule has 1 aliphatic carbocycles. The van der Waals surface area contributed by atoms with Crippen LogP contribution in [0, 0.1) is 0 Å². The van der Waals surface area contributed by atoms with Crippen molar-refractivity contribution in [3.63, 3.8) is 0 Å². The first-order chi connectivity index (χ1) is 10.2. The fourth-order valence-corrected chi connectivity index (χ4v) is 3.41. The molecule has 5 heteroatoms. The lowest BCUT2D eigenvalue weighted by Crippen LogP contribution is -2.44. The van der Waals surface area contributed by atoms with Crippen LogP contribution in [0.3, 0.4) is 0 Å². The lowest BCUT2D eigenvalue weighted by Gasteiger charge is -2.28. The van der Waals surface area contributed by atoms with E-state index in [0.29, 0.717) is 12.2 Å². The summed E-state index contributed by atoms with van der Waals surface area (Å²) in [6.07, 6.45) is 3.91. The largest absolute Gasteiger partial charge is 0.454 e. The van der Waals surface area contributed by atoms with Crippen molar-refractivity contribution in [2.75, 3.05) is 13.3 Å². The number of nitrogens with zero attached hydrogens (tertiary/aromatic N) is 1. The third kappa shape index (κ3) is 2.25. The first-order valence-electron chi connectivity index (χ1n) is 7.56. The van der Waals surface area contributed by atoms with Gasteiger partial charge in [0.1, 0.15) is 0 Å². The van der Waals surface area contributed by atoms with E-state index in [1.807, 2.05) is 23.1 Å². The van der Waals surface area contributed by atoms with Crippen molar-refractivity contribution in [3.05, 3.63) is 23.8 Å². The van der Waals surface area contributed by atoms with Gasteiger partial charge in [0.2, 0.25) is 12.7 Å². The highest BCUT2D eigenvalue weighted by molar-refractivity contribution is 5.80.